The molecule has 0 atom stereocenters. The highest BCUT2D eigenvalue weighted by Crippen LogP contribution is 2.12. The molecular weight excluding hydrogens is 334 g/mol. The number of aromatic amines is 1. The minimum Gasteiger partial charge on any atom is -0.481 e. The molecule has 1 aromatic heterocycles. The number of anilines is 2. The van der Waals surface area contributed by atoms with Gasteiger partial charge in [-0.05, 0) is 37.0 Å². The van der Waals surface area contributed by atoms with Crippen molar-refractivity contribution >= 4 is 23.8 Å². The Morgan fingerprint density at radius 1 is 1.31 bits per heavy atom. The second-order valence-corrected chi connectivity index (χ2v) is 6.02. The van der Waals surface area contributed by atoms with E-state index in [0.717, 1.165) is 11.8 Å². The number of aromatic nitrogens is 2. The summed E-state index contributed by atoms with van der Waals surface area (Å²) in [5.41, 5.74) is 3.42. The molecule has 26 heavy (non-hydrogen) atoms. The molecule has 5 N–H and O–H groups in total. The molecule has 0 radical (unpaired) electrons. The van der Waals surface area contributed by atoms with Crippen molar-refractivity contribution in [2.75, 3.05) is 17.2 Å². The van der Waals surface area contributed by atoms with Crippen LogP contribution in [0.1, 0.15) is 35.2 Å². The van der Waals surface area contributed by atoms with E-state index in [1.807, 2.05) is 26.0 Å². The molecule has 0 fully saturated rings. The number of aliphatic carboxylic acids is 1. The van der Waals surface area contributed by atoms with Gasteiger partial charge in [0.05, 0.1) is 0 Å². The third kappa shape index (κ3) is 5.17. The molecule has 0 saturated heterocycles. The average Bonchev–Trinajstić information content (AvgIpc) is 2.60. The summed E-state index contributed by atoms with van der Waals surface area (Å²) in [5, 5.41) is 22.0. The lowest BCUT2D eigenvalue weighted by molar-refractivity contribution is -0.137. The van der Waals surface area contributed by atoms with Crippen molar-refractivity contribution in [3.05, 3.63) is 50.9 Å². The van der Waals surface area contributed by atoms with Crippen molar-refractivity contribution in [3.63, 3.8) is 0 Å². The van der Waals surface area contributed by atoms with E-state index >= 15 is 0 Å². The number of aryl methyl sites for hydroxylation is 2. The largest absolute Gasteiger partial charge is 0.481 e. The zero-order chi connectivity index (χ0) is 19.1. The highest BCUT2D eigenvalue weighted by atomic mass is 16.4. The van der Waals surface area contributed by atoms with Crippen LogP contribution in [-0.2, 0) is 11.3 Å². The molecule has 8 nitrogen and oxygen atoms in total. The van der Waals surface area contributed by atoms with Crippen molar-refractivity contribution in [2.24, 2.45) is 0 Å². The molecule has 2 rings (SSSR count). The quantitative estimate of drug-likeness (QED) is 0.346. The van der Waals surface area contributed by atoms with E-state index in [0.29, 0.717) is 19.5 Å². The monoisotopic (exact) mass is 357 g/mol. The van der Waals surface area contributed by atoms with Crippen LogP contribution >= 0.6 is 0 Å². The SMILES string of the molecule is Cc1ccc(CNc2nc(C=N)c(NCCCC(=O)O)c(=O)[nH]2)cc1C. The van der Waals surface area contributed by atoms with Gasteiger partial charge in [-0.2, -0.15) is 0 Å². The van der Waals surface area contributed by atoms with Gasteiger partial charge in [0.25, 0.3) is 5.56 Å². The minimum atomic E-state index is -0.892. The smallest absolute Gasteiger partial charge is 0.303 e. The van der Waals surface area contributed by atoms with Gasteiger partial charge in [0, 0.05) is 25.7 Å². The number of nitrogens with one attached hydrogen (secondary N) is 4. The van der Waals surface area contributed by atoms with Crippen LogP contribution in [-0.4, -0.2) is 33.8 Å². The van der Waals surface area contributed by atoms with Crippen LogP contribution in [0.3, 0.4) is 0 Å². The van der Waals surface area contributed by atoms with E-state index in [1.54, 1.807) is 0 Å². The van der Waals surface area contributed by atoms with Crippen molar-refractivity contribution < 1.29 is 9.90 Å². The first-order chi connectivity index (χ1) is 12.4. The number of rotatable bonds is 9. The Morgan fingerprint density at radius 2 is 2.08 bits per heavy atom. The number of carboxylic acids is 1. The predicted molar refractivity (Wildman–Crippen MR) is 101 cm³/mol. The highest BCUT2D eigenvalue weighted by Gasteiger charge is 2.10. The first-order valence-electron chi connectivity index (χ1n) is 8.31. The van der Waals surface area contributed by atoms with Crippen molar-refractivity contribution in [1.82, 2.24) is 9.97 Å². The van der Waals surface area contributed by atoms with Gasteiger partial charge in [0.15, 0.2) is 0 Å². The summed E-state index contributed by atoms with van der Waals surface area (Å²) in [6, 6.07) is 6.11. The number of hydrogen-bond acceptors (Lipinski definition) is 6. The van der Waals surface area contributed by atoms with Crippen LogP contribution in [0, 0.1) is 19.3 Å². The van der Waals surface area contributed by atoms with Gasteiger partial charge in [0.1, 0.15) is 11.4 Å². The summed E-state index contributed by atoms with van der Waals surface area (Å²) in [4.78, 5) is 29.6. The molecule has 0 aliphatic rings. The van der Waals surface area contributed by atoms with Crippen LogP contribution in [0.25, 0.3) is 0 Å². The van der Waals surface area contributed by atoms with Gasteiger partial charge >= 0.3 is 5.97 Å². The van der Waals surface area contributed by atoms with E-state index in [-0.39, 0.29) is 23.8 Å². The Labute approximate surface area is 151 Å². The van der Waals surface area contributed by atoms with E-state index in [2.05, 4.69) is 26.7 Å². The lowest BCUT2D eigenvalue weighted by Crippen LogP contribution is -2.21. The van der Waals surface area contributed by atoms with Gasteiger partial charge in [0.2, 0.25) is 5.95 Å². The van der Waals surface area contributed by atoms with E-state index < -0.39 is 11.5 Å². The van der Waals surface area contributed by atoms with Crippen molar-refractivity contribution in [1.29, 1.82) is 5.41 Å². The molecule has 0 saturated carbocycles. The third-order valence-electron chi connectivity index (χ3n) is 3.98. The molecule has 0 amide bonds. The number of benzene rings is 1. The Morgan fingerprint density at radius 3 is 2.73 bits per heavy atom. The molecule has 0 unspecified atom stereocenters. The molecule has 0 bridgehead atoms. The van der Waals surface area contributed by atoms with Crippen LogP contribution in [0.2, 0.25) is 0 Å². The number of carbonyl (C=O) groups is 1. The Kier molecular flexibility index (Phi) is 6.48. The molecular formula is C18H23N5O3. The van der Waals surface area contributed by atoms with Gasteiger partial charge in [-0.15, -0.1) is 0 Å². The molecule has 8 heteroatoms. The number of nitrogens with zero attached hydrogens (tertiary/aromatic N) is 1. The maximum Gasteiger partial charge on any atom is 0.303 e. The fourth-order valence-corrected chi connectivity index (χ4v) is 2.40. The maximum absolute atomic E-state index is 12.2. The Bertz CT molecular complexity index is 860. The fourth-order valence-electron chi connectivity index (χ4n) is 2.40. The molecule has 2 aromatic rings. The van der Waals surface area contributed by atoms with E-state index in [9.17, 15) is 9.59 Å². The van der Waals surface area contributed by atoms with Gasteiger partial charge in [-0.1, -0.05) is 18.2 Å². The summed E-state index contributed by atoms with van der Waals surface area (Å²) in [6.45, 7) is 4.89. The average molecular weight is 357 g/mol. The number of hydrogen-bond donors (Lipinski definition) is 5. The summed E-state index contributed by atoms with van der Waals surface area (Å²) in [6.07, 6.45) is 1.38. The van der Waals surface area contributed by atoms with E-state index in [1.165, 1.54) is 11.1 Å². The Hall–Kier alpha value is -3.16. The van der Waals surface area contributed by atoms with Crippen LogP contribution < -0.4 is 16.2 Å². The minimum absolute atomic E-state index is 0.00780. The fraction of sp³-hybridized carbons (Fsp3) is 0.333. The first-order valence-corrected chi connectivity index (χ1v) is 8.31. The number of H-pyrrole nitrogens is 1. The first kappa shape index (κ1) is 19.2. The van der Waals surface area contributed by atoms with E-state index in [4.69, 9.17) is 10.5 Å². The summed E-state index contributed by atoms with van der Waals surface area (Å²) < 4.78 is 0. The topological polar surface area (TPSA) is 131 Å². The van der Waals surface area contributed by atoms with Crippen LogP contribution in [0.15, 0.2) is 23.0 Å². The normalized spacial score (nSPS) is 10.4. The molecule has 1 aromatic carbocycles. The van der Waals surface area contributed by atoms with Crippen molar-refractivity contribution in [2.45, 2.75) is 33.2 Å². The highest BCUT2D eigenvalue weighted by molar-refractivity contribution is 5.83. The number of carboxylic acid groups (broad SMARTS) is 1. The molecule has 0 aliphatic carbocycles. The van der Waals surface area contributed by atoms with Gasteiger partial charge in [-0.25, -0.2) is 4.98 Å². The van der Waals surface area contributed by atoms with Gasteiger partial charge in [-0.3, -0.25) is 14.6 Å². The Balaban J connectivity index is 2.07. The second-order valence-electron chi connectivity index (χ2n) is 6.02. The zero-order valence-corrected chi connectivity index (χ0v) is 14.8. The lowest BCUT2D eigenvalue weighted by atomic mass is 10.1. The maximum atomic E-state index is 12.2. The summed E-state index contributed by atoms with van der Waals surface area (Å²) in [5.74, 6) is -0.611. The molecule has 138 valence electrons. The van der Waals surface area contributed by atoms with Gasteiger partial charge < -0.3 is 21.1 Å². The lowest BCUT2D eigenvalue weighted by Gasteiger charge is -2.11. The standard InChI is InChI=1S/C18H23N5O3/c1-11-5-6-13(8-12(11)2)10-21-18-22-14(9-19)16(17(26)23-18)20-7-3-4-15(24)25/h5-6,8-9,19-20H,3-4,7,10H2,1-2H3,(H,24,25)(H2,21,22,23,26). The molecule has 0 aliphatic heterocycles. The summed E-state index contributed by atoms with van der Waals surface area (Å²) in [7, 11) is 0. The second kappa shape index (κ2) is 8.80. The molecule has 0 spiro atoms. The summed E-state index contributed by atoms with van der Waals surface area (Å²) >= 11 is 0. The van der Waals surface area contributed by atoms with Crippen LogP contribution in [0.4, 0.5) is 11.6 Å². The predicted octanol–water partition coefficient (Wildman–Crippen LogP) is 2.27. The van der Waals surface area contributed by atoms with Crippen molar-refractivity contribution in [3.8, 4) is 0 Å². The molecule has 1 heterocycles. The third-order valence-corrected chi connectivity index (χ3v) is 3.98. The zero-order valence-electron chi connectivity index (χ0n) is 14.8. The van der Waals surface area contributed by atoms with Crippen LogP contribution in [0.5, 0.6) is 0 Å².